The van der Waals surface area contributed by atoms with Crippen molar-refractivity contribution in [3.8, 4) is 6.07 Å². The maximum atomic E-state index is 12.3. The second-order valence-electron chi connectivity index (χ2n) is 6.00. The molecule has 0 fully saturated rings. The standard InChI is InChI=1S/C19H24N4O/c1-3-4-5-6-18-17(21)11-16(12-20)23(18)13-19(24)22-15-9-7-14(2)8-10-15/h7-11H,3-6,13,21H2,1-2H3,(H,22,24). The summed E-state index contributed by atoms with van der Waals surface area (Å²) in [5.41, 5.74) is 9.82. The Morgan fingerprint density at radius 3 is 2.62 bits per heavy atom. The van der Waals surface area contributed by atoms with Crippen molar-refractivity contribution < 1.29 is 4.79 Å². The number of rotatable bonds is 7. The van der Waals surface area contributed by atoms with Gasteiger partial charge in [-0.15, -0.1) is 0 Å². The molecule has 126 valence electrons. The number of carbonyl (C=O) groups excluding carboxylic acids is 1. The molecule has 1 aromatic carbocycles. The highest BCUT2D eigenvalue weighted by Crippen LogP contribution is 2.21. The van der Waals surface area contributed by atoms with E-state index in [1.165, 1.54) is 0 Å². The van der Waals surface area contributed by atoms with Gasteiger partial charge >= 0.3 is 0 Å². The zero-order chi connectivity index (χ0) is 17.5. The van der Waals surface area contributed by atoms with Crippen molar-refractivity contribution in [3.05, 3.63) is 47.3 Å². The third-order valence-electron chi connectivity index (χ3n) is 4.01. The molecule has 0 bridgehead atoms. The van der Waals surface area contributed by atoms with Crippen LogP contribution in [0.1, 0.15) is 43.1 Å². The van der Waals surface area contributed by atoms with Gasteiger partial charge in [-0.2, -0.15) is 5.26 Å². The van der Waals surface area contributed by atoms with Crippen molar-refractivity contribution in [3.63, 3.8) is 0 Å². The fourth-order valence-corrected chi connectivity index (χ4v) is 2.69. The highest BCUT2D eigenvalue weighted by Gasteiger charge is 2.15. The molecule has 1 aromatic heterocycles. The van der Waals surface area contributed by atoms with E-state index in [2.05, 4.69) is 18.3 Å². The van der Waals surface area contributed by atoms with E-state index in [4.69, 9.17) is 5.73 Å². The molecule has 0 radical (unpaired) electrons. The Hall–Kier alpha value is -2.74. The van der Waals surface area contributed by atoms with Gasteiger partial charge < -0.3 is 15.6 Å². The highest BCUT2D eigenvalue weighted by molar-refractivity contribution is 5.90. The van der Waals surface area contributed by atoms with Crippen molar-refractivity contribution in [2.24, 2.45) is 0 Å². The zero-order valence-corrected chi connectivity index (χ0v) is 14.3. The van der Waals surface area contributed by atoms with E-state index in [-0.39, 0.29) is 12.5 Å². The van der Waals surface area contributed by atoms with Gasteiger partial charge in [0.2, 0.25) is 5.91 Å². The first-order valence-corrected chi connectivity index (χ1v) is 8.29. The monoisotopic (exact) mass is 324 g/mol. The number of anilines is 2. The molecule has 1 heterocycles. The number of hydrogen-bond acceptors (Lipinski definition) is 3. The third kappa shape index (κ3) is 4.39. The van der Waals surface area contributed by atoms with E-state index in [0.29, 0.717) is 11.4 Å². The molecule has 24 heavy (non-hydrogen) atoms. The molecule has 0 spiro atoms. The second-order valence-corrected chi connectivity index (χ2v) is 6.00. The predicted molar refractivity (Wildman–Crippen MR) is 96.6 cm³/mol. The van der Waals surface area contributed by atoms with Gasteiger partial charge in [0.1, 0.15) is 18.3 Å². The molecule has 2 aromatic rings. The van der Waals surface area contributed by atoms with E-state index >= 15 is 0 Å². The van der Waals surface area contributed by atoms with Crippen LogP contribution in [0, 0.1) is 18.3 Å². The number of nitrogen functional groups attached to an aromatic ring is 1. The summed E-state index contributed by atoms with van der Waals surface area (Å²) in [5.74, 6) is -0.164. The molecule has 0 saturated heterocycles. The average molecular weight is 324 g/mol. The molecular formula is C19H24N4O. The van der Waals surface area contributed by atoms with Gasteiger partial charge in [0, 0.05) is 11.4 Å². The fraction of sp³-hybridized carbons (Fsp3) is 0.368. The Bertz CT molecular complexity index is 738. The number of aryl methyl sites for hydroxylation is 1. The lowest BCUT2D eigenvalue weighted by Crippen LogP contribution is -2.21. The highest BCUT2D eigenvalue weighted by atomic mass is 16.1. The van der Waals surface area contributed by atoms with Crippen molar-refractivity contribution in [2.45, 2.75) is 46.1 Å². The Morgan fingerprint density at radius 1 is 1.29 bits per heavy atom. The van der Waals surface area contributed by atoms with Crippen LogP contribution in [-0.4, -0.2) is 10.5 Å². The summed E-state index contributed by atoms with van der Waals surface area (Å²) >= 11 is 0. The van der Waals surface area contributed by atoms with Gasteiger partial charge in [0.15, 0.2) is 0 Å². The molecule has 0 aliphatic heterocycles. The van der Waals surface area contributed by atoms with Gasteiger partial charge in [-0.25, -0.2) is 0 Å². The number of nitrogens with one attached hydrogen (secondary N) is 1. The van der Waals surface area contributed by atoms with Crippen molar-refractivity contribution in [2.75, 3.05) is 11.1 Å². The van der Waals surface area contributed by atoms with E-state index in [9.17, 15) is 10.1 Å². The van der Waals surface area contributed by atoms with Crippen molar-refractivity contribution in [1.29, 1.82) is 5.26 Å². The lowest BCUT2D eigenvalue weighted by molar-refractivity contribution is -0.116. The van der Waals surface area contributed by atoms with Crippen LogP contribution in [0.25, 0.3) is 0 Å². The lowest BCUT2D eigenvalue weighted by atomic mass is 10.1. The van der Waals surface area contributed by atoms with Gasteiger partial charge in [-0.05, 0) is 38.0 Å². The number of nitrogens with zero attached hydrogens (tertiary/aromatic N) is 2. The number of nitrogens with two attached hydrogens (primary N) is 1. The summed E-state index contributed by atoms with van der Waals surface area (Å²) in [5, 5.41) is 12.2. The molecule has 2 rings (SSSR count). The smallest absolute Gasteiger partial charge is 0.244 e. The summed E-state index contributed by atoms with van der Waals surface area (Å²) in [6.45, 7) is 4.23. The first-order chi connectivity index (χ1) is 11.5. The summed E-state index contributed by atoms with van der Waals surface area (Å²) in [7, 11) is 0. The third-order valence-corrected chi connectivity index (χ3v) is 4.01. The first kappa shape index (κ1) is 17.6. The van der Waals surface area contributed by atoms with Crippen molar-refractivity contribution in [1.82, 2.24) is 4.57 Å². The Balaban J connectivity index is 2.13. The van der Waals surface area contributed by atoms with E-state index in [1.54, 1.807) is 10.6 Å². The molecule has 1 amide bonds. The van der Waals surface area contributed by atoms with Crippen LogP contribution in [0.15, 0.2) is 30.3 Å². The van der Waals surface area contributed by atoms with Crippen LogP contribution >= 0.6 is 0 Å². The minimum absolute atomic E-state index is 0.0927. The van der Waals surface area contributed by atoms with Crippen LogP contribution in [0.2, 0.25) is 0 Å². The van der Waals surface area contributed by atoms with Gasteiger partial charge in [-0.3, -0.25) is 4.79 Å². The van der Waals surface area contributed by atoms with Crippen LogP contribution in [0.3, 0.4) is 0 Å². The van der Waals surface area contributed by atoms with E-state index < -0.39 is 0 Å². The van der Waals surface area contributed by atoms with Crippen LogP contribution in [0.5, 0.6) is 0 Å². The van der Waals surface area contributed by atoms with Crippen LogP contribution in [0.4, 0.5) is 11.4 Å². The Morgan fingerprint density at radius 2 is 2.00 bits per heavy atom. The summed E-state index contributed by atoms with van der Waals surface area (Å²) < 4.78 is 1.73. The number of unbranched alkanes of at least 4 members (excludes halogenated alkanes) is 2. The lowest BCUT2D eigenvalue weighted by Gasteiger charge is -2.12. The van der Waals surface area contributed by atoms with Crippen LogP contribution < -0.4 is 11.1 Å². The fourth-order valence-electron chi connectivity index (χ4n) is 2.69. The number of hydrogen-bond donors (Lipinski definition) is 2. The molecular weight excluding hydrogens is 300 g/mol. The average Bonchev–Trinajstić information content (AvgIpc) is 2.85. The number of aromatic nitrogens is 1. The molecule has 0 saturated carbocycles. The van der Waals surface area contributed by atoms with Crippen molar-refractivity contribution >= 4 is 17.3 Å². The topological polar surface area (TPSA) is 83.8 Å². The zero-order valence-electron chi connectivity index (χ0n) is 14.3. The maximum absolute atomic E-state index is 12.3. The number of benzene rings is 1. The van der Waals surface area contributed by atoms with Crippen LogP contribution in [-0.2, 0) is 17.8 Å². The number of carbonyl (C=O) groups is 1. The minimum atomic E-state index is -0.164. The second kappa shape index (κ2) is 8.21. The maximum Gasteiger partial charge on any atom is 0.244 e. The first-order valence-electron chi connectivity index (χ1n) is 8.29. The van der Waals surface area contributed by atoms with Gasteiger partial charge in [-0.1, -0.05) is 37.5 Å². The largest absolute Gasteiger partial charge is 0.397 e. The molecule has 3 N–H and O–H groups in total. The predicted octanol–water partition coefficient (Wildman–Crippen LogP) is 3.62. The van der Waals surface area contributed by atoms with Gasteiger partial charge in [0.25, 0.3) is 0 Å². The van der Waals surface area contributed by atoms with Gasteiger partial charge in [0.05, 0.1) is 5.69 Å². The SMILES string of the molecule is CCCCCc1c(N)cc(C#N)n1CC(=O)Nc1ccc(C)cc1. The summed E-state index contributed by atoms with van der Waals surface area (Å²) in [6, 6.07) is 11.4. The Labute approximate surface area is 143 Å². The molecule has 5 heteroatoms. The molecule has 5 nitrogen and oxygen atoms in total. The number of nitriles is 1. The molecule has 0 aliphatic carbocycles. The molecule has 0 atom stereocenters. The summed E-state index contributed by atoms with van der Waals surface area (Å²) in [4.78, 5) is 12.3. The summed E-state index contributed by atoms with van der Waals surface area (Å²) in [6.07, 6.45) is 3.98. The molecule has 0 unspecified atom stereocenters. The minimum Gasteiger partial charge on any atom is -0.397 e. The van der Waals surface area contributed by atoms with E-state index in [0.717, 1.165) is 42.6 Å². The molecule has 0 aliphatic rings. The number of amides is 1. The quantitative estimate of drug-likeness (QED) is 0.763. The van der Waals surface area contributed by atoms with E-state index in [1.807, 2.05) is 31.2 Å². The normalized spacial score (nSPS) is 10.4. The Kier molecular flexibility index (Phi) is 6.02.